The molecule has 0 fully saturated rings. The Hall–Kier alpha value is -2.89. The Kier molecular flexibility index (Phi) is 4.23. The summed E-state index contributed by atoms with van der Waals surface area (Å²) in [5.41, 5.74) is 1.26. The van der Waals surface area contributed by atoms with E-state index in [0.717, 1.165) is 0 Å². The molecule has 0 N–H and O–H groups in total. The predicted octanol–water partition coefficient (Wildman–Crippen LogP) is 3.05. The molecule has 0 aliphatic carbocycles. The van der Waals surface area contributed by atoms with Crippen LogP contribution >= 0.6 is 0 Å². The van der Waals surface area contributed by atoms with Crippen LogP contribution in [0.3, 0.4) is 0 Å². The molecule has 118 valence electrons. The van der Waals surface area contributed by atoms with Gasteiger partial charge in [-0.25, -0.2) is 0 Å². The Morgan fingerprint density at radius 3 is 2.61 bits per heavy atom. The molecule has 0 saturated heterocycles. The van der Waals surface area contributed by atoms with Crippen molar-refractivity contribution in [3.63, 3.8) is 0 Å². The zero-order chi connectivity index (χ0) is 16.2. The van der Waals surface area contributed by atoms with Crippen molar-refractivity contribution in [1.82, 2.24) is 0 Å². The third-order valence-electron chi connectivity index (χ3n) is 3.77. The maximum Gasteiger partial charge on any atom is 0.231 e. The summed E-state index contributed by atoms with van der Waals surface area (Å²) in [6.07, 6.45) is 0.0740. The quantitative estimate of drug-likeness (QED) is 0.465. The van der Waals surface area contributed by atoms with Gasteiger partial charge in [-0.2, -0.15) is 0 Å². The van der Waals surface area contributed by atoms with E-state index in [9.17, 15) is 14.9 Å². The molecule has 1 aliphatic heterocycles. The van der Waals surface area contributed by atoms with Crippen LogP contribution in [-0.2, 0) is 0 Å². The Morgan fingerprint density at radius 2 is 1.87 bits per heavy atom. The fourth-order valence-corrected chi connectivity index (χ4v) is 2.60. The summed E-state index contributed by atoms with van der Waals surface area (Å²) in [5, 5.41) is 11.0. The molecule has 0 amide bonds. The monoisotopic (exact) mass is 313 g/mol. The maximum absolute atomic E-state index is 12.4. The molecule has 0 saturated carbocycles. The van der Waals surface area contributed by atoms with Crippen molar-refractivity contribution in [3.8, 4) is 11.5 Å². The number of hydrogen-bond donors (Lipinski definition) is 0. The SMILES string of the molecule is O=C(CC(C[N+](=O)[O-])c1ccc2c(c1)OCO2)c1ccccc1. The minimum atomic E-state index is -0.507. The largest absolute Gasteiger partial charge is 0.454 e. The van der Waals surface area contributed by atoms with E-state index in [1.165, 1.54) is 0 Å². The summed E-state index contributed by atoms with van der Waals surface area (Å²) in [6, 6.07) is 14.0. The lowest BCUT2D eigenvalue weighted by Gasteiger charge is -2.13. The summed E-state index contributed by atoms with van der Waals surface area (Å²) >= 11 is 0. The highest BCUT2D eigenvalue weighted by Gasteiger charge is 2.24. The smallest absolute Gasteiger partial charge is 0.231 e. The van der Waals surface area contributed by atoms with E-state index in [2.05, 4.69) is 0 Å². The number of ether oxygens (including phenoxy) is 2. The molecule has 3 rings (SSSR count). The van der Waals surface area contributed by atoms with E-state index in [-0.39, 0.29) is 25.5 Å². The number of carbonyl (C=O) groups excluding carboxylic acids is 1. The van der Waals surface area contributed by atoms with Gasteiger partial charge in [0, 0.05) is 16.9 Å². The molecule has 0 spiro atoms. The van der Waals surface area contributed by atoms with Gasteiger partial charge < -0.3 is 9.47 Å². The topological polar surface area (TPSA) is 78.7 Å². The minimum Gasteiger partial charge on any atom is -0.454 e. The molecule has 1 atom stereocenters. The van der Waals surface area contributed by atoms with Gasteiger partial charge in [0.15, 0.2) is 17.3 Å². The summed E-state index contributed by atoms with van der Waals surface area (Å²) < 4.78 is 10.5. The number of nitrogens with zero attached hydrogens (tertiary/aromatic N) is 1. The Bertz CT molecular complexity index is 729. The molecule has 0 bridgehead atoms. The van der Waals surface area contributed by atoms with Gasteiger partial charge in [0.05, 0.1) is 5.92 Å². The van der Waals surface area contributed by atoms with Crippen LogP contribution in [0.25, 0.3) is 0 Å². The number of benzene rings is 2. The minimum absolute atomic E-state index is 0.0740. The first kappa shape index (κ1) is 15.0. The van der Waals surface area contributed by atoms with Gasteiger partial charge >= 0.3 is 0 Å². The number of hydrogen-bond acceptors (Lipinski definition) is 5. The van der Waals surface area contributed by atoms with Crippen LogP contribution in [0.1, 0.15) is 28.3 Å². The maximum atomic E-state index is 12.4. The van der Waals surface area contributed by atoms with Crippen molar-refractivity contribution >= 4 is 5.78 Å². The summed E-state index contributed by atoms with van der Waals surface area (Å²) in [6.45, 7) is -0.167. The number of nitro groups is 1. The fourth-order valence-electron chi connectivity index (χ4n) is 2.60. The van der Waals surface area contributed by atoms with Gasteiger partial charge in [0.25, 0.3) is 0 Å². The molecule has 0 radical (unpaired) electrons. The van der Waals surface area contributed by atoms with Gasteiger partial charge in [-0.3, -0.25) is 14.9 Å². The normalized spacial score (nSPS) is 13.6. The summed E-state index contributed by atoms with van der Waals surface area (Å²) in [5.74, 6) is 0.549. The molecule has 2 aromatic carbocycles. The van der Waals surface area contributed by atoms with E-state index in [4.69, 9.17) is 9.47 Å². The van der Waals surface area contributed by atoms with Crippen molar-refractivity contribution in [2.75, 3.05) is 13.3 Å². The first-order valence-corrected chi connectivity index (χ1v) is 7.23. The third-order valence-corrected chi connectivity index (χ3v) is 3.77. The lowest BCUT2D eigenvalue weighted by Crippen LogP contribution is -2.16. The van der Waals surface area contributed by atoms with Crippen LogP contribution < -0.4 is 9.47 Å². The molecule has 2 aromatic rings. The van der Waals surface area contributed by atoms with Gasteiger partial charge in [0.1, 0.15) is 0 Å². The molecule has 1 aliphatic rings. The van der Waals surface area contributed by atoms with Crippen molar-refractivity contribution < 1.29 is 19.2 Å². The van der Waals surface area contributed by atoms with Gasteiger partial charge in [-0.05, 0) is 17.7 Å². The second-order valence-corrected chi connectivity index (χ2v) is 5.32. The number of ketones is 1. The van der Waals surface area contributed by atoms with E-state index < -0.39 is 10.8 Å². The van der Waals surface area contributed by atoms with E-state index >= 15 is 0 Å². The van der Waals surface area contributed by atoms with Gasteiger partial charge in [-0.15, -0.1) is 0 Å². The molecule has 6 heteroatoms. The Morgan fingerprint density at radius 1 is 1.13 bits per heavy atom. The molecule has 1 unspecified atom stereocenters. The highest BCUT2D eigenvalue weighted by atomic mass is 16.7. The van der Waals surface area contributed by atoms with E-state index in [0.29, 0.717) is 22.6 Å². The van der Waals surface area contributed by atoms with Gasteiger partial charge in [-0.1, -0.05) is 36.4 Å². The van der Waals surface area contributed by atoms with Crippen LogP contribution in [0, 0.1) is 10.1 Å². The van der Waals surface area contributed by atoms with E-state index in [1.54, 1.807) is 42.5 Å². The number of Topliss-reactive ketones (excluding diaryl/α,β-unsaturated/α-hetero) is 1. The zero-order valence-corrected chi connectivity index (χ0v) is 12.3. The Balaban J connectivity index is 1.83. The summed E-state index contributed by atoms with van der Waals surface area (Å²) in [7, 11) is 0. The fraction of sp³-hybridized carbons (Fsp3) is 0.235. The van der Waals surface area contributed by atoms with Crippen LogP contribution in [0.2, 0.25) is 0 Å². The van der Waals surface area contributed by atoms with Crippen LogP contribution in [0.5, 0.6) is 11.5 Å². The van der Waals surface area contributed by atoms with Crippen LogP contribution in [0.4, 0.5) is 0 Å². The van der Waals surface area contributed by atoms with Crippen LogP contribution in [0.15, 0.2) is 48.5 Å². The first-order chi connectivity index (χ1) is 11.1. The molecular formula is C17H15NO5. The van der Waals surface area contributed by atoms with E-state index in [1.807, 2.05) is 6.07 Å². The number of fused-ring (bicyclic) bond motifs is 1. The molecular weight excluding hydrogens is 298 g/mol. The number of carbonyl (C=O) groups is 1. The second-order valence-electron chi connectivity index (χ2n) is 5.32. The molecule has 23 heavy (non-hydrogen) atoms. The van der Waals surface area contributed by atoms with Crippen LogP contribution in [-0.4, -0.2) is 24.0 Å². The van der Waals surface area contributed by atoms with Crippen molar-refractivity contribution in [3.05, 3.63) is 69.8 Å². The third kappa shape index (κ3) is 3.48. The Labute approximate surface area is 132 Å². The lowest BCUT2D eigenvalue weighted by molar-refractivity contribution is -0.483. The average molecular weight is 313 g/mol. The van der Waals surface area contributed by atoms with Crippen molar-refractivity contribution in [2.45, 2.75) is 12.3 Å². The highest BCUT2D eigenvalue weighted by Crippen LogP contribution is 2.35. The predicted molar refractivity (Wildman–Crippen MR) is 82.6 cm³/mol. The molecule has 0 aromatic heterocycles. The second kappa shape index (κ2) is 6.48. The lowest BCUT2D eigenvalue weighted by atomic mass is 9.91. The zero-order valence-electron chi connectivity index (χ0n) is 12.3. The standard InChI is InChI=1S/C17H15NO5/c19-15(12-4-2-1-3-5-12)8-14(10-18(20)21)13-6-7-16-17(9-13)23-11-22-16/h1-7,9,14H,8,10-11H2. The summed E-state index contributed by atoms with van der Waals surface area (Å²) in [4.78, 5) is 22.9. The molecule has 1 heterocycles. The average Bonchev–Trinajstić information content (AvgIpc) is 3.02. The first-order valence-electron chi connectivity index (χ1n) is 7.23. The highest BCUT2D eigenvalue weighted by molar-refractivity contribution is 5.96. The number of rotatable bonds is 6. The van der Waals surface area contributed by atoms with Gasteiger partial charge in [0.2, 0.25) is 13.3 Å². The molecule has 6 nitrogen and oxygen atoms in total. The van der Waals surface area contributed by atoms with Crippen molar-refractivity contribution in [2.24, 2.45) is 0 Å². The van der Waals surface area contributed by atoms with Crippen molar-refractivity contribution in [1.29, 1.82) is 0 Å².